The van der Waals surface area contributed by atoms with Gasteiger partial charge in [-0.05, 0) is 18.2 Å². The lowest BCUT2D eigenvalue weighted by Gasteiger charge is -2.10. The molecule has 0 aliphatic carbocycles. The van der Waals surface area contributed by atoms with Gasteiger partial charge in [0.15, 0.2) is 17.5 Å². The normalized spacial score (nSPS) is 10.2. The maximum absolute atomic E-state index is 13.5. The lowest BCUT2D eigenvalue weighted by Crippen LogP contribution is -2.37. The summed E-state index contributed by atoms with van der Waals surface area (Å²) < 4.78 is 44.6. The molecule has 0 radical (unpaired) electrons. The van der Waals surface area contributed by atoms with Crippen molar-refractivity contribution in [3.63, 3.8) is 0 Å². The first-order chi connectivity index (χ1) is 11.9. The van der Waals surface area contributed by atoms with Crippen LogP contribution in [0, 0.1) is 17.5 Å². The van der Waals surface area contributed by atoms with Gasteiger partial charge in [0.25, 0.3) is 5.91 Å². The monoisotopic (exact) mass is 352 g/mol. The number of hydrogen-bond acceptors (Lipinski definition) is 3. The number of carbonyl (C=O) groups is 2. The third-order valence-electron chi connectivity index (χ3n) is 3.36. The van der Waals surface area contributed by atoms with Crippen LogP contribution in [0.2, 0.25) is 0 Å². The Morgan fingerprint density at radius 1 is 1.00 bits per heavy atom. The number of methoxy groups -OCH3 is 1. The summed E-state index contributed by atoms with van der Waals surface area (Å²) >= 11 is 0. The average Bonchev–Trinajstić information content (AvgIpc) is 2.62. The van der Waals surface area contributed by atoms with Gasteiger partial charge in [-0.25, -0.2) is 13.2 Å². The quantitative estimate of drug-likeness (QED) is 0.783. The number of ether oxygens (including phenoxy) is 1. The molecule has 8 heteroatoms. The zero-order valence-corrected chi connectivity index (χ0v) is 13.2. The standard InChI is InChI=1S/C17H15F3N2O3/c1-25-13-5-3-2-4-10(13)8-21-14(23)9-22-17(24)11-6-7-12(18)16(20)15(11)19/h2-7H,8-9H2,1H3,(H,21,23)(H,22,24). The topological polar surface area (TPSA) is 67.4 Å². The smallest absolute Gasteiger partial charge is 0.254 e. The molecule has 0 fully saturated rings. The lowest BCUT2D eigenvalue weighted by molar-refractivity contribution is -0.120. The Labute approximate surface area is 141 Å². The number of carbonyl (C=O) groups excluding carboxylic acids is 2. The minimum absolute atomic E-state index is 0.165. The zero-order chi connectivity index (χ0) is 18.4. The van der Waals surface area contributed by atoms with E-state index < -0.39 is 41.4 Å². The van der Waals surface area contributed by atoms with E-state index in [2.05, 4.69) is 10.6 Å². The molecule has 0 bridgehead atoms. The summed E-state index contributed by atoms with van der Waals surface area (Å²) in [6, 6.07) is 8.48. The molecule has 132 valence electrons. The summed E-state index contributed by atoms with van der Waals surface area (Å²) in [5, 5.41) is 4.69. The molecular weight excluding hydrogens is 337 g/mol. The summed E-state index contributed by atoms with van der Waals surface area (Å²) in [6.45, 7) is -0.287. The highest BCUT2D eigenvalue weighted by atomic mass is 19.2. The SMILES string of the molecule is COc1ccccc1CNC(=O)CNC(=O)c1ccc(F)c(F)c1F. The fourth-order valence-electron chi connectivity index (χ4n) is 2.06. The average molecular weight is 352 g/mol. The van der Waals surface area contributed by atoms with Crippen molar-refractivity contribution in [3.05, 3.63) is 65.0 Å². The molecule has 2 amide bonds. The van der Waals surface area contributed by atoms with Gasteiger partial charge in [0.2, 0.25) is 5.91 Å². The van der Waals surface area contributed by atoms with Crippen LogP contribution in [0.4, 0.5) is 13.2 Å². The second-order valence-corrected chi connectivity index (χ2v) is 4.99. The number of rotatable bonds is 6. The Morgan fingerprint density at radius 2 is 1.72 bits per heavy atom. The molecule has 0 atom stereocenters. The van der Waals surface area contributed by atoms with Crippen LogP contribution in [0.5, 0.6) is 5.75 Å². The lowest BCUT2D eigenvalue weighted by atomic mass is 10.2. The highest BCUT2D eigenvalue weighted by Crippen LogP contribution is 2.17. The van der Waals surface area contributed by atoms with Crippen LogP contribution >= 0.6 is 0 Å². The summed E-state index contributed by atoms with van der Waals surface area (Å²) in [4.78, 5) is 23.5. The van der Waals surface area contributed by atoms with Crippen LogP contribution in [0.25, 0.3) is 0 Å². The molecule has 0 unspecified atom stereocenters. The molecule has 2 aromatic rings. The van der Waals surface area contributed by atoms with E-state index >= 15 is 0 Å². The molecule has 2 rings (SSSR count). The minimum Gasteiger partial charge on any atom is -0.496 e. The minimum atomic E-state index is -1.74. The Bertz CT molecular complexity index is 797. The van der Waals surface area contributed by atoms with Crippen molar-refractivity contribution in [2.75, 3.05) is 13.7 Å². The second-order valence-electron chi connectivity index (χ2n) is 4.99. The summed E-state index contributed by atoms with van der Waals surface area (Å²) in [5.74, 6) is -5.72. The van der Waals surface area contributed by atoms with E-state index in [1.54, 1.807) is 24.3 Å². The van der Waals surface area contributed by atoms with E-state index in [1.165, 1.54) is 7.11 Å². The van der Waals surface area contributed by atoms with E-state index in [4.69, 9.17) is 4.74 Å². The van der Waals surface area contributed by atoms with Crippen LogP contribution in [-0.2, 0) is 11.3 Å². The molecule has 0 aliphatic rings. The molecule has 0 heterocycles. The molecule has 2 N–H and O–H groups in total. The predicted molar refractivity (Wildman–Crippen MR) is 83.5 cm³/mol. The molecule has 0 aromatic heterocycles. The number of halogens is 3. The maximum atomic E-state index is 13.5. The number of amides is 2. The fourth-order valence-corrected chi connectivity index (χ4v) is 2.06. The Kier molecular flexibility index (Phi) is 5.99. The van der Waals surface area contributed by atoms with E-state index in [0.717, 1.165) is 11.6 Å². The highest BCUT2D eigenvalue weighted by molar-refractivity contribution is 5.96. The molecular formula is C17H15F3N2O3. The van der Waals surface area contributed by atoms with E-state index in [0.29, 0.717) is 11.8 Å². The molecule has 0 saturated heterocycles. The third-order valence-corrected chi connectivity index (χ3v) is 3.36. The molecule has 2 aromatic carbocycles. The van der Waals surface area contributed by atoms with Crippen LogP contribution in [0.3, 0.4) is 0 Å². The van der Waals surface area contributed by atoms with Crippen LogP contribution in [0.1, 0.15) is 15.9 Å². The van der Waals surface area contributed by atoms with Gasteiger partial charge in [-0.15, -0.1) is 0 Å². The van der Waals surface area contributed by atoms with Crippen molar-refractivity contribution in [2.24, 2.45) is 0 Å². The van der Waals surface area contributed by atoms with E-state index in [1.807, 2.05) is 0 Å². The maximum Gasteiger partial charge on any atom is 0.254 e. The van der Waals surface area contributed by atoms with Crippen molar-refractivity contribution in [2.45, 2.75) is 6.54 Å². The van der Waals surface area contributed by atoms with E-state index in [-0.39, 0.29) is 6.54 Å². The van der Waals surface area contributed by atoms with Gasteiger partial charge in [-0.2, -0.15) is 0 Å². The number of benzene rings is 2. The number of nitrogens with one attached hydrogen (secondary N) is 2. The van der Waals surface area contributed by atoms with Gasteiger partial charge in [-0.1, -0.05) is 18.2 Å². The second kappa shape index (κ2) is 8.18. The number of para-hydroxylation sites is 1. The molecule has 25 heavy (non-hydrogen) atoms. The van der Waals surface area contributed by atoms with Gasteiger partial charge in [0, 0.05) is 12.1 Å². The zero-order valence-electron chi connectivity index (χ0n) is 13.2. The van der Waals surface area contributed by atoms with Crippen molar-refractivity contribution in [3.8, 4) is 5.75 Å². The summed E-state index contributed by atoms with van der Waals surface area (Å²) in [7, 11) is 1.50. The van der Waals surface area contributed by atoms with Crippen LogP contribution < -0.4 is 15.4 Å². The van der Waals surface area contributed by atoms with Crippen molar-refractivity contribution >= 4 is 11.8 Å². The van der Waals surface area contributed by atoms with Crippen molar-refractivity contribution in [1.82, 2.24) is 10.6 Å². The van der Waals surface area contributed by atoms with Gasteiger partial charge in [0.05, 0.1) is 19.2 Å². The van der Waals surface area contributed by atoms with Crippen molar-refractivity contribution < 1.29 is 27.5 Å². The van der Waals surface area contributed by atoms with Crippen LogP contribution in [0.15, 0.2) is 36.4 Å². The highest BCUT2D eigenvalue weighted by Gasteiger charge is 2.19. The number of hydrogen-bond donors (Lipinski definition) is 2. The van der Waals surface area contributed by atoms with Crippen LogP contribution in [-0.4, -0.2) is 25.5 Å². The Balaban J connectivity index is 1.90. The molecule has 0 saturated carbocycles. The van der Waals surface area contributed by atoms with E-state index in [9.17, 15) is 22.8 Å². The van der Waals surface area contributed by atoms with Crippen molar-refractivity contribution in [1.29, 1.82) is 0 Å². The summed E-state index contributed by atoms with van der Waals surface area (Å²) in [5.41, 5.74) is 0.0488. The van der Waals surface area contributed by atoms with Gasteiger partial charge < -0.3 is 15.4 Å². The molecule has 5 nitrogen and oxygen atoms in total. The fraction of sp³-hybridized carbons (Fsp3) is 0.176. The third kappa shape index (κ3) is 4.50. The largest absolute Gasteiger partial charge is 0.496 e. The molecule has 0 aliphatic heterocycles. The first-order valence-corrected chi connectivity index (χ1v) is 7.24. The Hall–Kier alpha value is -3.03. The molecule has 0 spiro atoms. The van der Waals surface area contributed by atoms with Gasteiger partial charge in [0.1, 0.15) is 5.75 Å². The first-order valence-electron chi connectivity index (χ1n) is 7.24. The predicted octanol–water partition coefficient (Wildman–Crippen LogP) is 2.16. The first kappa shape index (κ1) is 18.3. The van der Waals surface area contributed by atoms with Gasteiger partial charge >= 0.3 is 0 Å². The van der Waals surface area contributed by atoms with Gasteiger partial charge in [-0.3, -0.25) is 9.59 Å². The Morgan fingerprint density at radius 3 is 2.44 bits per heavy atom. The summed E-state index contributed by atoms with van der Waals surface area (Å²) in [6.07, 6.45) is 0.